The second-order valence-electron chi connectivity index (χ2n) is 8.59. The van der Waals surface area contributed by atoms with Gasteiger partial charge in [-0.15, -0.1) is 0 Å². The van der Waals surface area contributed by atoms with Crippen LogP contribution in [0.3, 0.4) is 0 Å². The molecule has 36 heavy (non-hydrogen) atoms. The number of carbonyl (C=O) groups excluding carboxylic acids is 3. The first-order chi connectivity index (χ1) is 17.2. The summed E-state index contributed by atoms with van der Waals surface area (Å²) in [6.45, 7) is 3.74. The maximum atomic E-state index is 13.1. The van der Waals surface area contributed by atoms with Crippen LogP contribution in [0.25, 0.3) is 0 Å². The first-order valence-corrected chi connectivity index (χ1v) is 12.3. The number of thiol groups is 1. The van der Waals surface area contributed by atoms with Gasteiger partial charge in [-0.05, 0) is 11.5 Å². The number of aromatic nitrogens is 2. The molecule has 2 aromatic rings. The summed E-state index contributed by atoms with van der Waals surface area (Å²) in [6.07, 6.45) is 3.69. The quantitative estimate of drug-likeness (QED) is 0.172. The van der Waals surface area contributed by atoms with Gasteiger partial charge in [-0.2, -0.15) is 12.6 Å². The average molecular weight is 519 g/mol. The van der Waals surface area contributed by atoms with Gasteiger partial charge >= 0.3 is 5.97 Å². The van der Waals surface area contributed by atoms with E-state index in [1.807, 2.05) is 13.8 Å². The molecule has 1 heterocycles. The van der Waals surface area contributed by atoms with Crippen LogP contribution in [0.1, 0.15) is 31.5 Å². The van der Waals surface area contributed by atoms with Gasteiger partial charge in [0.15, 0.2) is 0 Å². The van der Waals surface area contributed by atoms with Crippen LogP contribution in [-0.4, -0.2) is 68.7 Å². The zero-order valence-corrected chi connectivity index (χ0v) is 21.2. The van der Waals surface area contributed by atoms with E-state index in [2.05, 4.69) is 38.5 Å². The van der Waals surface area contributed by atoms with Crippen molar-refractivity contribution in [3.63, 3.8) is 0 Å². The van der Waals surface area contributed by atoms with Gasteiger partial charge < -0.3 is 31.8 Å². The number of carbonyl (C=O) groups is 4. The fraction of sp³-hybridized carbons (Fsp3) is 0.458. The number of nitrogens with two attached hydrogens (primary N) is 1. The van der Waals surface area contributed by atoms with Crippen LogP contribution in [0.4, 0.5) is 0 Å². The van der Waals surface area contributed by atoms with Crippen LogP contribution in [-0.2, 0) is 32.0 Å². The summed E-state index contributed by atoms with van der Waals surface area (Å²) < 4.78 is 0. The molecule has 0 bridgehead atoms. The zero-order chi connectivity index (χ0) is 26.7. The number of imidazole rings is 1. The Hall–Kier alpha value is -3.38. The van der Waals surface area contributed by atoms with Crippen LogP contribution in [0, 0.1) is 5.92 Å². The van der Waals surface area contributed by atoms with Crippen molar-refractivity contribution in [1.29, 1.82) is 0 Å². The molecule has 0 saturated carbocycles. The number of hydrogen-bond donors (Lipinski definition) is 7. The molecule has 0 fully saturated rings. The molecular formula is C24H34N6O5S. The van der Waals surface area contributed by atoms with Gasteiger partial charge in [0, 0.05) is 30.5 Å². The third-order valence-corrected chi connectivity index (χ3v) is 6.25. The number of nitrogens with one attached hydrogen (secondary N) is 4. The van der Waals surface area contributed by atoms with Crippen LogP contribution < -0.4 is 21.7 Å². The molecule has 196 valence electrons. The van der Waals surface area contributed by atoms with Gasteiger partial charge in [0.1, 0.15) is 18.1 Å². The third-order valence-electron chi connectivity index (χ3n) is 5.88. The standard InChI is InChI=1S/C24H34N6O5S/c1-3-14(2)20(25)23(33)30-19(12-36)22(32)28-17(10-16-11-26-13-27-16)21(31)29-18(24(34)35)9-15-7-5-4-6-8-15/h4-8,11,13-14,17-20,36H,3,9-10,12,25H2,1-2H3,(H,26,27)(H,28,32)(H,29,31)(H,30,33)(H,34,35). The number of nitrogens with zero attached hydrogens (tertiary/aromatic N) is 1. The van der Waals surface area contributed by atoms with Crippen molar-refractivity contribution in [3.05, 3.63) is 54.1 Å². The summed E-state index contributed by atoms with van der Waals surface area (Å²) in [5.74, 6) is -3.17. The van der Waals surface area contributed by atoms with Gasteiger partial charge in [0.25, 0.3) is 0 Å². The minimum Gasteiger partial charge on any atom is -0.480 e. The highest BCUT2D eigenvalue weighted by atomic mass is 32.1. The van der Waals surface area contributed by atoms with Crippen molar-refractivity contribution in [2.45, 2.75) is 57.3 Å². The summed E-state index contributed by atoms with van der Waals surface area (Å²) in [5, 5.41) is 17.3. The lowest BCUT2D eigenvalue weighted by Gasteiger charge is -2.25. The van der Waals surface area contributed by atoms with Crippen molar-refractivity contribution in [3.8, 4) is 0 Å². The molecule has 0 aliphatic heterocycles. The van der Waals surface area contributed by atoms with E-state index < -0.39 is 47.9 Å². The Morgan fingerprint density at radius 2 is 1.61 bits per heavy atom. The van der Waals surface area contributed by atoms with Crippen LogP contribution in [0.2, 0.25) is 0 Å². The van der Waals surface area contributed by atoms with E-state index in [0.29, 0.717) is 12.1 Å². The Morgan fingerprint density at radius 3 is 2.17 bits per heavy atom. The van der Waals surface area contributed by atoms with Crippen LogP contribution in [0.5, 0.6) is 0 Å². The summed E-state index contributed by atoms with van der Waals surface area (Å²) >= 11 is 4.16. The second-order valence-corrected chi connectivity index (χ2v) is 8.95. The first kappa shape index (κ1) is 28.9. The third kappa shape index (κ3) is 8.68. The van der Waals surface area contributed by atoms with E-state index in [0.717, 1.165) is 5.56 Å². The SMILES string of the molecule is CCC(C)C(N)C(=O)NC(CS)C(=O)NC(Cc1cnc[nH]1)C(=O)NC(Cc1ccccc1)C(=O)O. The molecule has 0 aliphatic carbocycles. The fourth-order valence-electron chi connectivity index (χ4n) is 3.39. The maximum absolute atomic E-state index is 13.1. The molecule has 5 unspecified atom stereocenters. The van der Waals surface area contributed by atoms with E-state index in [4.69, 9.17) is 5.73 Å². The van der Waals surface area contributed by atoms with Crippen molar-refractivity contribution in [2.75, 3.05) is 5.75 Å². The van der Waals surface area contributed by atoms with Crippen molar-refractivity contribution in [1.82, 2.24) is 25.9 Å². The number of aliphatic carboxylic acids is 1. The highest BCUT2D eigenvalue weighted by Crippen LogP contribution is 2.08. The molecule has 3 amide bonds. The molecule has 0 saturated heterocycles. The lowest BCUT2D eigenvalue weighted by atomic mass is 9.99. The van der Waals surface area contributed by atoms with Gasteiger partial charge in [-0.3, -0.25) is 14.4 Å². The van der Waals surface area contributed by atoms with E-state index in [-0.39, 0.29) is 24.5 Å². The van der Waals surface area contributed by atoms with Gasteiger partial charge in [-0.25, -0.2) is 9.78 Å². The van der Waals surface area contributed by atoms with Crippen molar-refractivity contribution < 1.29 is 24.3 Å². The minimum atomic E-state index is -1.21. The van der Waals surface area contributed by atoms with Crippen LogP contribution >= 0.6 is 12.6 Å². The Bertz CT molecular complexity index is 1000. The molecule has 1 aromatic carbocycles. The number of rotatable bonds is 14. The largest absolute Gasteiger partial charge is 0.480 e. The average Bonchev–Trinajstić information content (AvgIpc) is 3.38. The Balaban J connectivity index is 2.15. The molecular weight excluding hydrogens is 484 g/mol. The van der Waals surface area contributed by atoms with Gasteiger partial charge in [-0.1, -0.05) is 50.6 Å². The number of hydrogen-bond acceptors (Lipinski definition) is 7. The number of benzene rings is 1. The molecule has 2 rings (SSSR count). The van der Waals surface area contributed by atoms with Gasteiger partial charge in [0.05, 0.1) is 12.4 Å². The Kier molecular flexibility index (Phi) is 11.4. The van der Waals surface area contributed by atoms with Gasteiger partial charge in [0.2, 0.25) is 17.7 Å². The summed E-state index contributed by atoms with van der Waals surface area (Å²) in [5.41, 5.74) is 7.24. The lowest BCUT2D eigenvalue weighted by molar-refractivity contribution is -0.142. The number of carboxylic acid groups (broad SMARTS) is 1. The number of H-pyrrole nitrogens is 1. The molecule has 11 nitrogen and oxygen atoms in total. The highest BCUT2D eigenvalue weighted by Gasteiger charge is 2.31. The maximum Gasteiger partial charge on any atom is 0.326 e. The molecule has 12 heteroatoms. The van der Waals surface area contributed by atoms with E-state index >= 15 is 0 Å². The topological polar surface area (TPSA) is 179 Å². The number of amides is 3. The smallest absolute Gasteiger partial charge is 0.326 e. The predicted octanol–water partition coefficient (Wildman–Crippen LogP) is 0.0371. The number of carboxylic acids is 1. The Labute approximate surface area is 215 Å². The zero-order valence-electron chi connectivity index (χ0n) is 20.3. The molecule has 0 spiro atoms. The summed E-state index contributed by atoms with van der Waals surface area (Å²) in [6, 6.07) is 4.67. The van der Waals surface area contributed by atoms with E-state index in [1.165, 1.54) is 12.5 Å². The lowest BCUT2D eigenvalue weighted by Crippen LogP contribution is -2.58. The fourth-order valence-corrected chi connectivity index (χ4v) is 3.65. The van der Waals surface area contributed by atoms with Crippen molar-refractivity contribution >= 4 is 36.3 Å². The summed E-state index contributed by atoms with van der Waals surface area (Å²) in [4.78, 5) is 57.2. The normalized spacial score (nSPS) is 15.1. The second kappa shape index (κ2) is 14.2. The van der Waals surface area contributed by atoms with Crippen molar-refractivity contribution in [2.24, 2.45) is 11.7 Å². The summed E-state index contributed by atoms with van der Waals surface area (Å²) in [7, 11) is 0. The molecule has 0 radical (unpaired) electrons. The molecule has 0 aliphatic rings. The predicted molar refractivity (Wildman–Crippen MR) is 137 cm³/mol. The van der Waals surface area contributed by atoms with E-state index in [9.17, 15) is 24.3 Å². The monoisotopic (exact) mass is 518 g/mol. The Morgan fingerprint density at radius 1 is 1.00 bits per heavy atom. The highest BCUT2D eigenvalue weighted by molar-refractivity contribution is 7.80. The number of aromatic amines is 1. The molecule has 5 atom stereocenters. The molecule has 7 N–H and O–H groups in total. The first-order valence-electron chi connectivity index (χ1n) is 11.7. The molecule has 1 aromatic heterocycles. The minimum absolute atomic E-state index is 0.0227. The van der Waals surface area contributed by atoms with Crippen LogP contribution in [0.15, 0.2) is 42.9 Å². The van der Waals surface area contributed by atoms with E-state index in [1.54, 1.807) is 30.3 Å².